The number of hydrogen-bond donors (Lipinski definition) is 0. The van der Waals surface area contributed by atoms with E-state index in [0.29, 0.717) is 0 Å². The molecule has 3 heteroatoms. The van der Waals surface area contributed by atoms with Crippen molar-refractivity contribution in [1.29, 1.82) is 0 Å². The van der Waals surface area contributed by atoms with Crippen molar-refractivity contribution in [2.45, 2.75) is 6.42 Å². The zero-order valence-corrected chi connectivity index (χ0v) is 7.29. The first-order valence-electron chi connectivity index (χ1n) is 3.98. The Bertz CT molecular complexity index is 136. The standard InChI is InChI=1S/C8H16N2O/c1-9-5-3-6-10(9)7-4-8-11-2/h3,6H,4-5,7-8H2,1-2H3. The Morgan fingerprint density at radius 2 is 2.36 bits per heavy atom. The molecule has 0 aromatic rings. The highest BCUT2D eigenvalue weighted by Gasteiger charge is 2.09. The van der Waals surface area contributed by atoms with E-state index >= 15 is 0 Å². The van der Waals surface area contributed by atoms with Gasteiger partial charge in [-0.15, -0.1) is 0 Å². The maximum Gasteiger partial charge on any atom is 0.0479 e. The van der Waals surface area contributed by atoms with E-state index in [2.05, 4.69) is 29.3 Å². The fraction of sp³-hybridized carbons (Fsp3) is 0.750. The average molecular weight is 156 g/mol. The highest BCUT2D eigenvalue weighted by Crippen LogP contribution is 2.04. The smallest absolute Gasteiger partial charge is 0.0479 e. The molecule has 3 nitrogen and oxygen atoms in total. The zero-order chi connectivity index (χ0) is 8.10. The molecule has 0 spiro atoms. The lowest BCUT2D eigenvalue weighted by molar-refractivity contribution is 0.0714. The first-order chi connectivity index (χ1) is 5.34. The summed E-state index contributed by atoms with van der Waals surface area (Å²) in [6.07, 6.45) is 5.37. The van der Waals surface area contributed by atoms with Gasteiger partial charge in [0, 0.05) is 40.1 Å². The van der Waals surface area contributed by atoms with Crippen molar-refractivity contribution in [1.82, 2.24) is 10.0 Å². The Labute approximate surface area is 68.2 Å². The SMILES string of the molecule is COCCCN1C=CCN1C. The Hall–Kier alpha value is -0.540. The van der Waals surface area contributed by atoms with Gasteiger partial charge in [-0.05, 0) is 6.42 Å². The molecule has 64 valence electrons. The summed E-state index contributed by atoms with van der Waals surface area (Å²) in [5.74, 6) is 0. The largest absolute Gasteiger partial charge is 0.385 e. The van der Waals surface area contributed by atoms with Gasteiger partial charge in [0.2, 0.25) is 0 Å². The van der Waals surface area contributed by atoms with Gasteiger partial charge in [0.15, 0.2) is 0 Å². The molecule has 0 unspecified atom stereocenters. The van der Waals surface area contributed by atoms with Crippen molar-refractivity contribution in [3.05, 3.63) is 12.3 Å². The first-order valence-corrected chi connectivity index (χ1v) is 3.98. The fourth-order valence-electron chi connectivity index (χ4n) is 1.16. The zero-order valence-electron chi connectivity index (χ0n) is 7.29. The van der Waals surface area contributed by atoms with Crippen LogP contribution in [0, 0.1) is 0 Å². The second kappa shape index (κ2) is 4.36. The molecule has 0 radical (unpaired) electrons. The second-order valence-electron chi connectivity index (χ2n) is 2.73. The molecule has 1 aliphatic rings. The van der Waals surface area contributed by atoms with Crippen LogP contribution in [0.25, 0.3) is 0 Å². The molecule has 0 amide bonds. The Balaban J connectivity index is 2.10. The van der Waals surface area contributed by atoms with Gasteiger partial charge in [0.1, 0.15) is 0 Å². The molecule has 0 fully saturated rings. The summed E-state index contributed by atoms with van der Waals surface area (Å²) in [7, 11) is 3.83. The van der Waals surface area contributed by atoms with E-state index in [1.807, 2.05) is 0 Å². The van der Waals surface area contributed by atoms with Gasteiger partial charge in [-0.3, -0.25) is 0 Å². The molecule has 1 rings (SSSR count). The van der Waals surface area contributed by atoms with Crippen molar-refractivity contribution in [2.24, 2.45) is 0 Å². The van der Waals surface area contributed by atoms with Crippen LogP contribution in [0.2, 0.25) is 0 Å². The van der Waals surface area contributed by atoms with E-state index in [1.54, 1.807) is 7.11 Å². The van der Waals surface area contributed by atoms with Crippen LogP contribution >= 0.6 is 0 Å². The van der Waals surface area contributed by atoms with Gasteiger partial charge in [0.05, 0.1) is 0 Å². The van der Waals surface area contributed by atoms with E-state index in [0.717, 1.165) is 26.1 Å². The molecule has 0 saturated heterocycles. The van der Waals surface area contributed by atoms with Gasteiger partial charge in [-0.25, -0.2) is 5.01 Å². The first kappa shape index (κ1) is 8.56. The number of methoxy groups -OCH3 is 1. The predicted octanol–water partition coefficient (Wildman–Crippen LogP) is 0.699. The van der Waals surface area contributed by atoms with E-state index in [9.17, 15) is 0 Å². The lowest BCUT2D eigenvalue weighted by Crippen LogP contribution is -2.32. The lowest BCUT2D eigenvalue weighted by Gasteiger charge is -2.24. The third-order valence-electron chi connectivity index (χ3n) is 1.82. The number of rotatable bonds is 4. The minimum Gasteiger partial charge on any atom is -0.385 e. The van der Waals surface area contributed by atoms with Crippen molar-refractivity contribution in [3.8, 4) is 0 Å². The molecule has 11 heavy (non-hydrogen) atoms. The molecule has 0 N–H and O–H groups in total. The highest BCUT2D eigenvalue weighted by molar-refractivity contribution is 4.89. The highest BCUT2D eigenvalue weighted by atomic mass is 16.5. The van der Waals surface area contributed by atoms with Crippen LogP contribution in [0.1, 0.15) is 6.42 Å². The van der Waals surface area contributed by atoms with Crippen molar-refractivity contribution >= 4 is 0 Å². The summed E-state index contributed by atoms with van der Waals surface area (Å²) < 4.78 is 4.97. The summed E-state index contributed by atoms with van der Waals surface area (Å²) in [6.45, 7) is 2.94. The summed E-state index contributed by atoms with van der Waals surface area (Å²) >= 11 is 0. The van der Waals surface area contributed by atoms with Crippen LogP contribution in [0.15, 0.2) is 12.3 Å². The lowest BCUT2D eigenvalue weighted by atomic mass is 10.4. The van der Waals surface area contributed by atoms with E-state index in [4.69, 9.17) is 4.74 Å². The number of hydrogen-bond acceptors (Lipinski definition) is 3. The predicted molar refractivity (Wildman–Crippen MR) is 45.0 cm³/mol. The summed E-state index contributed by atoms with van der Waals surface area (Å²) in [4.78, 5) is 0. The minimum absolute atomic E-state index is 0.845. The van der Waals surface area contributed by atoms with Crippen molar-refractivity contribution < 1.29 is 4.74 Å². The van der Waals surface area contributed by atoms with Gasteiger partial charge in [-0.2, -0.15) is 0 Å². The van der Waals surface area contributed by atoms with Gasteiger partial charge < -0.3 is 9.75 Å². The molecular weight excluding hydrogens is 140 g/mol. The number of nitrogens with zero attached hydrogens (tertiary/aromatic N) is 2. The third-order valence-corrected chi connectivity index (χ3v) is 1.82. The van der Waals surface area contributed by atoms with Crippen LogP contribution in [0.5, 0.6) is 0 Å². The second-order valence-corrected chi connectivity index (χ2v) is 2.73. The molecule has 0 bridgehead atoms. The number of hydrazine groups is 1. The van der Waals surface area contributed by atoms with E-state index in [1.165, 1.54) is 0 Å². The van der Waals surface area contributed by atoms with Gasteiger partial charge in [-0.1, -0.05) is 6.08 Å². The molecule has 0 aromatic carbocycles. The van der Waals surface area contributed by atoms with Crippen LogP contribution < -0.4 is 0 Å². The summed E-state index contributed by atoms with van der Waals surface area (Å²) in [5.41, 5.74) is 0. The van der Waals surface area contributed by atoms with Gasteiger partial charge in [0.25, 0.3) is 0 Å². The van der Waals surface area contributed by atoms with E-state index < -0.39 is 0 Å². The minimum atomic E-state index is 0.845. The Kier molecular flexibility index (Phi) is 3.39. The number of ether oxygens (including phenoxy) is 1. The molecule has 0 aliphatic carbocycles. The molecule has 0 atom stereocenters. The molecular formula is C8H16N2O. The van der Waals surface area contributed by atoms with Crippen LogP contribution in [-0.2, 0) is 4.74 Å². The van der Waals surface area contributed by atoms with Crippen molar-refractivity contribution in [2.75, 3.05) is 33.9 Å². The molecule has 0 aromatic heterocycles. The Morgan fingerprint density at radius 1 is 1.55 bits per heavy atom. The Morgan fingerprint density at radius 3 is 2.91 bits per heavy atom. The quantitative estimate of drug-likeness (QED) is 0.557. The summed E-state index contributed by atoms with van der Waals surface area (Å²) in [5, 5.41) is 4.40. The van der Waals surface area contributed by atoms with E-state index in [-0.39, 0.29) is 0 Å². The molecule has 1 aliphatic heterocycles. The van der Waals surface area contributed by atoms with Gasteiger partial charge >= 0.3 is 0 Å². The maximum absolute atomic E-state index is 4.97. The molecule has 0 saturated carbocycles. The van der Waals surface area contributed by atoms with Crippen LogP contribution in [0.3, 0.4) is 0 Å². The topological polar surface area (TPSA) is 15.7 Å². The molecule has 1 heterocycles. The normalized spacial score (nSPS) is 18.2. The monoisotopic (exact) mass is 156 g/mol. The van der Waals surface area contributed by atoms with Crippen LogP contribution in [0.4, 0.5) is 0 Å². The maximum atomic E-state index is 4.97. The summed E-state index contributed by atoms with van der Waals surface area (Å²) in [6, 6.07) is 0. The fourth-order valence-corrected chi connectivity index (χ4v) is 1.16. The third kappa shape index (κ3) is 2.52. The number of likely N-dealkylation sites (N-methyl/N-ethyl adjacent to an activating group) is 1. The van der Waals surface area contributed by atoms with Crippen LogP contribution in [-0.4, -0.2) is 43.9 Å². The average Bonchev–Trinajstić information content (AvgIpc) is 2.37. The van der Waals surface area contributed by atoms with Crippen molar-refractivity contribution in [3.63, 3.8) is 0 Å².